The number of hydrogen-bond acceptors (Lipinski definition) is 3. The summed E-state index contributed by atoms with van der Waals surface area (Å²) in [5.74, 6) is -0.423. The molecule has 1 unspecified atom stereocenters. The quantitative estimate of drug-likeness (QED) is 0.876. The van der Waals surface area contributed by atoms with E-state index >= 15 is 0 Å². The Morgan fingerprint density at radius 3 is 2.45 bits per heavy atom. The molecule has 2 aromatic carbocycles. The Hall–Kier alpha value is -1.57. The Morgan fingerprint density at radius 1 is 1.09 bits per heavy atom. The largest absolute Gasteiger partial charge is 0.254 e. The molecule has 0 saturated heterocycles. The fraction of sp³-hybridized carbons (Fsp3) is 0.200. The Labute approximate surface area is 131 Å². The van der Waals surface area contributed by atoms with E-state index in [2.05, 4.69) is 4.72 Å². The third-order valence-electron chi connectivity index (χ3n) is 3.09. The summed E-state index contributed by atoms with van der Waals surface area (Å²) in [6.07, 6.45) is 0. The second kappa shape index (κ2) is 7.13. The summed E-state index contributed by atoms with van der Waals surface area (Å²) in [7, 11) is -5.10. The van der Waals surface area contributed by atoms with Crippen molar-refractivity contribution >= 4 is 20.8 Å². The summed E-state index contributed by atoms with van der Waals surface area (Å²) in [5, 5.41) is 0. The highest BCUT2D eigenvalue weighted by Gasteiger charge is 2.18. The van der Waals surface area contributed by atoms with Gasteiger partial charge in [-0.1, -0.05) is 24.3 Å². The summed E-state index contributed by atoms with van der Waals surface area (Å²) >= 11 is 0. The summed E-state index contributed by atoms with van der Waals surface area (Å²) in [5.41, 5.74) is 0.0687. The lowest BCUT2D eigenvalue weighted by Gasteiger charge is -2.09. The Kier molecular flexibility index (Phi) is 5.44. The van der Waals surface area contributed by atoms with E-state index in [-0.39, 0.29) is 22.8 Å². The minimum Gasteiger partial charge on any atom is -0.254 e. The van der Waals surface area contributed by atoms with Gasteiger partial charge in [-0.05, 0) is 31.2 Å². The van der Waals surface area contributed by atoms with Crippen LogP contribution in [0.4, 0.5) is 4.39 Å². The van der Waals surface area contributed by atoms with Gasteiger partial charge in [0.1, 0.15) is 5.82 Å². The molecule has 0 fully saturated rings. The van der Waals surface area contributed by atoms with Gasteiger partial charge in [-0.2, -0.15) is 0 Å². The predicted molar refractivity (Wildman–Crippen MR) is 84.0 cm³/mol. The van der Waals surface area contributed by atoms with Crippen LogP contribution in [-0.2, 0) is 20.8 Å². The topological polar surface area (TPSA) is 63.2 Å². The van der Waals surface area contributed by atoms with Crippen LogP contribution in [0, 0.1) is 12.7 Å². The molecular weight excluding hydrogens is 325 g/mol. The minimum atomic E-state index is -3.82. The number of nitrogens with one attached hydrogen (secondary N) is 1. The van der Waals surface area contributed by atoms with Gasteiger partial charge in [-0.15, -0.1) is 0 Å². The van der Waals surface area contributed by atoms with Crippen molar-refractivity contribution in [2.45, 2.75) is 16.7 Å². The first-order valence-electron chi connectivity index (χ1n) is 6.60. The van der Waals surface area contributed by atoms with Crippen LogP contribution in [0.3, 0.4) is 0 Å². The van der Waals surface area contributed by atoms with Crippen molar-refractivity contribution in [1.29, 1.82) is 0 Å². The normalized spacial score (nSPS) is 13.0. The van der Waals surface area contributed by atoms with Gasteiger partial charge in [0.2, 0.25) is 10.0 Å². The van der Waals surface area contributed by atoms with E-state index < -0.39 is 26.6 Å². The molecule has 0 aliphatic heterocycles. The van der Waals surface area contributed by atoms with Crippen molar-refractivity contribution < 1.29 is 17.0 Å². The summed E-state index contributed by atoms with van der Waals surface area (Å²) in [6, 6.07) is 12.7. The zero-order valence-electron chi connectivity index (χ0n) is 12.0. The Bertz CT molecular complexity index is 777. The smallest absolute Gasteiger partial charge is 0.240 e. The maximum atomic E-state index is 13.4. The van der Waals surface area contributed by atoms with Gasteiger partial charge < -0.3 is 0 Å². The number of sulfonamides is 1. The lowest BCUT2D eigenvalue weighted by Crippen LogP contribution is -2.28. The zero-order valence-corrected chi connectivity index (χ0v) is 13.6. The molecule has 4 nitrogen and oxygen atoms in total. The molecule has 0 aliphatic carbocycles. The van der Waals surface area contributed by atoms with Gasteiger partial charge in [0.05, 0.1) is 15.7 Å². The SMILES string of the molecule is Cc1c(F)cccc1S(=O)(=O)NCCS(=O)c1ccccc1. The van der Waals surface area contributed by atoms with Crippen LogP contribution in [0.15, 0.2) is 58.3 Å². The second-order valence-corrected chi connectivity index (χ2v) is 7.93. The molecule has 0 bridgehead atoms. The van der Waals surface area contributed by atoms with Gasteiger partial charge in [-0.3, -0.25) is 4.21 Å². The molecule has 22 heavy (non-hydrogen) atoms. The van der Waals surface area contributed by atoms with E-state index in [0.29, 0.717) is 4.90 Å². The predicted octanol–water partition coefficient (Wildman–Crippen LogP) is 2.22. The van der Waals surface area contributed by atoms with Crippen molar-refractivity contribution in [3.63, 3.8) is 0 Å². The fourth-order valence-corrected chi connectivity index (χ4v) is 4.31. The maximum Gasteiger partial charge on any atom is 0.240 e. The molecule has 0 aromatic heterocycles. The summed E-state index contributed by atoms with van der Waals surface area (Å²) in [6.45, 7) is 1.42. The standard InChI is InChI=1S/C15H16FNO3S2/c1-12-14(16)8-5-9-15(12)22(19,20)17-10-11-21(18)13-6-3-2-4-7-13/h2-9,17H,10-11H2,1H3. The van der Waals surface area contributed by atoms with E-state index in [4.69, 9.17) is 0 Å². The van der Waals surface area contributed by atoms with Crippen molar-refractivity contribution in [3.05, 3.63) is 59.9 Å². The molecule has 0 amide bonds. The molecule has 0 radical (unpaired) electrons. The summed E-state index contributed by atoms with van der Waals surface area (Å²) < 4.78 is 52.1. The van der Waals surface area contributed by atoms with Crippen LogP contribution < -0.4 is 4.72 Å². The zero-order chi connectivity index (χ0) is 16.2. The van der Waals surface area contributed by atoms with Crippen molar-refractivity contribution in [2.24, 2.45) is 0 Å². The first-order chi connectivity index (χ1) is 10.4. The van der Waals surface area contributed by atoms with Crippen LogP contribution in [0.2, 0.25) is 0 Å². The number of rotatable bonds is 6. The fourth-order valence-electron chi connectivity index (χ4n) is 1.92. The Morgan fingerprint density at radius 2 is 1.77 bits per heavy atom. The first-order valence-corrected chi connectivity index (χ1v) is 9.40. The van der Waals surface area contributed by atoms with Crippen LogP contribution in [-0.4, -0.2) is 24.9 Å². The van der Waals surface area contributed by atoms with E-state index in [1.807, 2.05) is 6.07 Å². The molecule has 0 aliphatic rings. The number of benzene rings is 2. The Balaban J connectivity index is 2.02. The molecule has 118 valence electrons. The first kappa shape index (κ1) is 16.8. The van der Waals surface area contributed by atoms with Crippen LogP contribution in [0.1, 0.15) is 5.56 Å². The molecule has 1 N–H and O–H groups in total. The molecule has 0 saturated carbocycles. The average Bonchev–Trinajstić information content (AvgIpc) is 2.50. The van der Waals surface area contributed by atoms with Gasteiger partial charge in [0.25, 0.3) is 0 Å². The van der Waals surface area contributed by atoms with E-state index in [0.717, 1.165) is 0 Å². The molecule has 2 rings (SSSR count). The number of hydrogen-bond donors (Lipinski definition) is 1. The molecule has 7 heteroatoms. The number of halogens is 1. The molecule has 0 heterocycles. The van der Waals surface area contributed by atoms with E-state index in [9.17, 15) is 17.0 Å². The minimum absolute atomic E-state index is 0.0137. The van der Waals surface area contributed by atoms with Gasteiger partial charge in [0, 0.05) is 22.8 Å². The van der Waals surface area contributed by atoms with Gasteiger partial charge in [0.15, 0.2) is 0 Å². The summed E-state index contributed by atoms with van der Waals surface area (Å²) in [4.78, 5) is 0.543. The molecule has 1 atom stereocenters. The monoisotopic (exact) mass is 341 g/mol. The molecular formula is C15H16FNO3S2. The molecule has 0 spiro atoms. The van der Waals surface area contributed by atoms with Crippen LogP contribution >= 0.6 is 0 Å². The van der Waals surface area contributed by atoms with Crippen LogP contribution in [0.5, 0.6) is 0 Å². The third-order valence-corrected chi connectivity index (χ3v) is 6.07. The maximum absolute atomic E-state index is 13.4. The highest BCUT2D eigenvalue weighted by atomic mass is 32.2. The van der Waals surface area contributed by atoms with Crippen molar-refractivity contribution in [3.8, 4) is 0 Å². The van der Waals surface area contributed by atoms with Gasteiger partial charge in [-0.25, -0.2) is 17.5 Å². The van der Waals surface area contributed by atoms with Crippen molar-refractivity contribution in [1.82, 2.24) is 4.72 Å². The van der Waals surface area contributed by atoms with Crippen molar-refractivity contribution in [2.75, 3.05) is 12.3 Å². The van der Waals surface area contributed by atoms with Crippen LogP contribution in [0.25, 0.3) is 0 Å². The average molecular weight is 341 g/mol. The lowest BCUT2D eigenvalue weighted by atomic mass is 10.2. The third kappa shape index (κ3) is 4.00. The van der Waals surface area contributed by atoms with E-state index in [1.165, 1.54) is 25.1 Å². The second-order valence-electron chi connectivity index (χ2n) is 4.62. The van der Waals surface area contributed by atoms with E-state index in [1.54, 1.807) is 24.3 Å². The molecule has 2 aromatic rings. The highest BCUT2D eigenvalue weighted by molar-refractivity contribution is 7.89. The highest BCUT2D eigenvalue weighted by Crippen LogP contribution is 2.17. The lowest BCUT2D eigenvalue weighted by molar-refractivity contribution is 0.576. The van der Waals surface area contributed by atoms with Gasteiger partial charge >= 0.3 is 0 Å².